The van der Waals surface area contributed by atoms with Gasteiger partial charge in [0.15, 0.2) is 0 Å². The largest absolute Gasteiger partial charge is 0.523 e. The van der Waals surface area contributed by atoms with Crippen LogP contribution in [0.3, 0.4) is 0 Å². The summed E-state index contributed by atoms with van der Waals surface area (Å²) in [4.78, 5) is 11.3. The second kappa shape index (κ2) is 4.97. The fourth-order valence-corrected chi connectivity index (χ4v) is 1.79. The van der Waals surface area contributed by atoms with Gasteiger partial charge in [-0.05, 0) is 11.5 Å². The van der Waals surface area contributed by atoms with Crippen LogP contribution in [0, 0.1) is 5.92 Å². The number of halogens is 3. The zero-order chi connectivity index (χ0) is 14.0. The van der Waals surface area contributed by atoms with Crippen molar-refractivity contribution in [2.45, 2.75) is 25.8 Å². The van der Waals surface area contributed by atoms with Crippen molar-refractivity contribution in [1.82, 2.24) is 0 Å². The minimum Gasteiger partial charge on any atom is -0.479 e. The molecule has 1 aromatic carbocycles. The minimum atomic E-state index is -5.03. The molecule has 0 aliphatic heterocycles. The molecule has 0 aliphatic rings. The fourth-order valence-electron chi connectivity index (χ4n) is 1.79. The standard InChI is InChI=1S/C12H13F3O3/c1-8(2)11(10(16)17,18-12(13,14)15)9-6-4-3-5-7-9/h3-8H,1-2H3,(H,16,17). The summed E-state index contributed by atoms with van der Waals surface area (Å²) < 4.78 is 41.3. The Kier molecular flexibility index (Phi) is 4.01. The molecule has 1 aromatic rings. The Morgan fingerprint density at radius 2 is 1.72 bits per heavy atom. The maximum absolute atomic E-state index is 12.5. The molecule has 100 valence electrons. The Morgan fingerprint density at radius 3 is 2.06 bits per heavy atom. The van der Waals surface area contributed by atoms with Gasteiger partial charge >= 0.3 is 12.3 Å². The second-order valence-corrected chi connectivity index (χ2v) is 4.11. The molecule has 1 N–H and O–H groups in total. The van der Waals surface area contributed by atoms with Gasteiger partial charge in [0.25, 0.3) is 0 Å². The molecule has 0 radical (unpaired) electrons. The summed E-state index contributed by atoms with van der Waals surface area (Å²) in [6.45, 7) is 2.74. The SMILES string of the molecule is CC(C)C(OC(F)(F)F)(C(=O)O)c1ccccc1. The van der Waals surface area contributed by atoms with Crippen molar-refractivity contribution in [2.24, 2.45) is 5.92 Å². The van der Waals surface area contributed by atoms with E-state index in [1.54, 1.807) is 6.07 Å². The maximum atomic E-state index is 12.5. The number of carbonyl (C=O) groups is 1. The summed E-state index contributed by atoms with van der Waals surface area (Å²) in [7, 11) is 0. The van der Waals surface area contributed by atoms with Crippen molar-refractivity contribution in [2.75, 3.05) is 0 Å². The highest BCUT2D eigenvalue weighted by molar-refractivity contribution is 5.80. The number of hydrogen-bond acceptors (Lipinski definition) is 2. The topological polar surface area (TPSA) is 46.5 Å². The average molecular weight is 262 g/mol. The van der Waals surface area contributed by atoms with Crippen molar-refractivity contribution in [3.8, 4) is 0 Å². The number of ether oxygens (including phenoxy) is 1. The van der Waals surface area contributed by atoms with Crippen LogP contribution in [0.5, 0.6) is 0 Å². The van der Waals surface area contributed by atoms with Gasteiger partial charge in [-0.2, -0.15) is 0 Å². The Balaban J connectivity index is 3.36. The Hall–Kier alpha value is -1.56. The summed E-state index contributed by atoms with van der Waals surface area (Å²) in [5.41, 5.74) is -2.47. The number of hydrogen-bond donors (Lipinski definition) is 1. The highest BCUT2D eigenvalue weighted by Gasteiger charge is 2.52. The summed E-state index contributed by atoms with van der Waals surface area (Å²) in [6, 6.07) is 7.13. The lowest BCUT2D eigenvalue weighted by Gasteiger charge is -2.34. The number of carboxylic acid groups (broad SMARTS) is 1. The number of alkyl halides is 3. The van der Waals surface area contributed by atoms with Gasteiger partial charge in [-0.25, -0.2) is 4.79 Å². The number of aliphatic carboxylic acids is 1. The molecule has 0 aromatic heterocycles. The van der Waals surface area contributed by atoms with Crippen LogP contribution < -0.4 is 0 Å². The molecule has 18 heavy (non-hydrogen) atoms. The summed E-state index contributed by atoms with van der Waals surface area (Å²) in [5.74, 6) is -2.56. The molecule has 0 bridgehead atoms. The van der Waals surface area contributed by atoms with Gasteiger partial charge in [-0.1, -0.05) is 44.2 Å². The van der Waals surface area contributed by atoms with E-state index in [0.717, 1.165) is 0 Å². The van der Waals surface area contributed by atoms with Crippen molar-refractivity contribution in [1.29, 1.82) is 0 Å². The van der Waals surface area contributed by atoms with E-state index in [0.29, 0.717) is 0 Å². The molecule has 0 fully saturated rings. The van der Waals surface area contributed by atoms with Gasteiger partial charge in [0.05, 0.1) is 0 Å². The highest BCUT2D eigenvalue weighted by Crippen LogP contribution is 2.39. The van der Waals surface area contributed by atoms with Gasteiger partial charge in [-0.15, -0.1) is 13.2 Å². The number of carboxylic acids is 1. The van der Waals surface area contributed by atoms with Gasteiger partial charge < -0.3 is 5.11 Å². The summed E-state index contributed by atoms with van der Waals surface area (Å²) in [5, 5.41) is 9.19. The Morgan fingerprint density at radius 1 is 1.22 bits per heavy atom. The van der Waals surface area contributed by atoms with Crippen LogP contribution in [0.2, 0.25) is 0 Å². The van der Waals surface area contributed by atoms with Crippen LogP contribution in [0.1, 0.15) is 19.4 Å². The lowest BCUT2D eigenvalue weighted by atomic mass is 9.83. The molecule has 1 unspecified atom stereocenters. The number of rotatable bonds is 4. The molecule has 6 heteroatoms. The van der Waals surface area contributed by atoms with E-state index in [9.17, 15) is 23.1 Å². The van der Waals surface area contributed by atoms with E-state index in [1.165, 1.54) is 38.1 Å². The highest BCUT2D eigenvalue weighted by atomic mass is 19.4. The van der Waals surface area contributed by atoms with Crippen LogP contribution in [0.4, 0.5) is 13.2 Å². The maximum Gasteiger partial charge on any atom is 0.523 e. The van der Waals surface area contributed by atoms with Crippen molar-refractivity contribution in [3.05, 3.63) is 35.9 Å². The van der Waals surface area contributed by atoms with Crippen LogP contribution in [0.25, 0.3) is 0 Å². The second-order valence-electron chi connectivity index (χ2n) is 4.11. The third-order valence-electron chi connectivity index (χ3n) is 2.61. The summed E-state index contributed by atoms with van der Waals surface area (Å²) in [6.07, 6.45) is -5.03. The first kappa shape index (κ1) is 14.5. The molecule has 0 aliphatic carbocycles. The molecule has 0 saturated carbocycles. The van der Waals surface area contributed by atoms with E-state index in [2.05, 4.69) is 4.74 Å². The zero-order valence-corrected chi connectivity index (χ0v) is 9.86. The van der Waals surface area contributed by atoms with Crippen molar-refractivity contribution < 1.29 is 27.8 Å². The van der Waals surface area contributed by atoms with Crippen LogP contribution in [-0.2, 0) is 15.1 Å². The van der Waals surface area contributed by atoms with Crippen LogP contribution in [-0.4, -0.2) is 17.4 Å². The molecule has 1 atom stereocenters. The third kappa shape index (κ3) is 2.81. The van der Waals surface area contributed by atoms with E-state index in [1.807, 2.05) is 0 Å². The number of benzene rings is 1. The zero-order valence-electron chi connectivity index (χ0n) is 9.86. The third-order valence-corrected chi connectivity index (χ3v) is 2.61. The average Bonchev–Trinajstić information content (AvgIpc) is 2.25. The van der Waals surface area contributed by atoms with E-state index >= 15 is 0 Å². The Labute approximate surface area is 102 Å². The molecule has 0 saturated heterocycles. The van der Waals surface area contributed by atoms with E-state index < -0.39 is 23.9 Å². The first-order valence-corrected chi connectivity index (χ1v) is 5.26. The minimum absolute atomic E-state index is 0.0372. The van der Waals surface area contributed by atoms with Gasteiger partial charge in [0.2, 0.25) is 5.60 Å². The lowest BCUT2D eigenvalue weighted by Crippen LogP contribution is -2.47. The van der Waals surface area contributed by atoms with E-state index in [4.69, 9.17) is 0 Å². The molecular weight excluding hydrogens is 249 g/mol. The van der Waals surface area contributed by atoms with Gasteiger partial charge in [-0.3, -0.25) is 4.74 Å². The first-order chi connectivity index (χ1) is 8.20. The normalized spacial score (nSPS) is 15.4. The lowest BCUT2D eigenvalue weighted by molar-refractivity contribution is -0.372. The van der Waals surface area contributed by atoms with Crippen LogP contribution >= 0.6 is 0 Å². The van der Waals surface area contributed by atoms with Crippen molar-refractivity contribution >= 4 is 5.97 Å². The molecule has 0 amide bonds. The van der Waals surface area contributed by atoms with Crippen LogP contribution in [0.15, 0.2) is 30.3 Å². The van der Waals surface area contributed by atoms with Gasteiger partial charge in [0, 0.05) is 0 Å². The molecule has 0 heterocycles. The van der Waals surface area contributed by atoms with Crippen molar-refractivity contribution in [3.63, 3.8) is 0 Å². The smallest absolute Gasteiger partial charge is 0.479 e. The quantitative estimate of drug-likeness (QED) is 0.906. The molecular formula is C12H13F3O3. The first-order valence-electron chi connectivity index (χ1n) is 5.26. The molecule has 0 spiro atoms. The predicted octanol–water partition coefficient (Wildman–Crippen LogP) is 3.16. The molecule has 1 rings (SSSR count). The monoisotopic (exact) mass is 262 g/mol. The predicted molar refractivity (Wildman–Crippen MR) is 57.7 cm³/mol. The Bertz CT molecular complexity index is 414. The molecule has 3 nitrogen and oxygen atoms in total. The fraction of sp³-hybridized carbons (Fsp3) is 0.417. The summed E-state index contributed by atoms with van der Waals surface area (Å²) >= 11 is 0. The van der Waals surface area contributed by atoms with E-state index in [-0.39, 0.29) is 5.56 Å². The van der Waals surface area contributed by atoms with Gasteiger partial charge in [0.1, 0.15) is 0 Å².